The van der Waals surface area contributed by atoms with Gasteiger partial charge in [-0.1, -0.05) is 12.8 Å². The summed E-state index contributed by atoms with van der Waals surface area (Å²) < 4.78 is 25.7. The largest absolute Gasteiger partial charge is 0.378 e. The number of hydrogen-bond acceptors (Lipinski definition) is 4. The first kappa shape index (κ1) is 19.6. The molecule has 140 valence electrons. The Morgan fingerprint density at radius 2 is 1.52 bits per heavy atom. The van der Waals surface area contributed by atoms with Gasteiger partial charge in [0.15, 0.2) is 0 Å². The number of likely N-dealkylation sites (tertiary alicyclic amines) is 1. The first-order valence-electron chi connectivity index (χ1n) is 8.82. The van der Waals surface area contributed by atoms with Crippen LogP contribution >= 0.6 is 0 Å². The smallest absolute Gasteiger partial charge is 0.232 e. The molecule has 0 N–H and O–H groups in total. The summed E-state index contributed by atoms with van der Waals surface area (Å²) in [6.07, 6.45) is 5.79. The normalized spacial score (nSPS) is 15.6. The molecular weight excluding hydrogens is 338 g/mol. The lowest BCUT2D eigenvalue weighted by molar-refractivity contribution is -0.130. The van der Waals surface area contributed by atoms with Crippen molar-refractivity contribution in [3.8, 4) is 0 Å². The standard InChI is InChI=1S/C18H29N3O3S/c1-19(2)16-8-10-17(11-9-16)21(25(3,23)24)15-12-18(22)20-13-6-4-5-7-14-20/h8-11H,4-7,12-15H2,1-3H3. The number of hydrogen-bond donors (Lipinski definition) is 0. The van der Waals surface area contributed by atoms with E-state index in [9.17, 15) is 13.2 Å². The molecule has 0 radical (unpaired) electrons. The van der Waals surface area contributed by atoms with Gasteiger partial charge in [0, 0.05) is 45.8 Å². The van der Waals surface area contributed by atoms with Crippen LogP contribution in [0.3, 0.4) is 0 Å². The molecule has 1 aliphatic heterocycles. The molecule has 1 heterocycles. The van der Waals surface area contributed by atoms with Gasteiger partial charge in [-0.3, -0.25) is 9.10 Å². The lowest BCUT2D eigenvalue weighted by atomic mass is 10.2. The van der Waals surface area contributed by atoms with Crippen molar-refractivity contribution in [2.45, 2.75) is 32.1 Å². The second-order valence-electron chi connectivity index (χ2n) is 6.79. The maximum atomic E-state index is 12.5. The van der Waals surface area contributed by atoms with Gasteiger partial charge >= 0.3 is 0 Å². The molecule has 25 heavy (non-hydrogen) atoms. The van der Waals surface area contributed by atoms with E-state index in [0.717, 1.165) is 44.5 Å². The molecule has 0 saturated carbocycles. The van der Waals surface area contributed by atoms with E-state index >= 15 is 0 Å². The van der Waals surface area contributed by atoms with Crippen molar-refractivity contribution in [3.63, 3.8) is 0 Å². The quantitative estimate of drug-likeness (QED) is 0.774. The van der Waals surface area contributed by atoms with Crippen LogP contribution < -0.4 is 9.21 Å². The third kappa shape index (κ3) is 5.63. The van der Waals surface area contributed by atoms with Gasteiger partial charge in [0.1, 0.15) is 0 Å². The highest BCUT2D eigenvalue weighted by molar-refractivity contribution is 7.92. The van der Waals surface area contributed by atoms with E-state index in [-0.39, 0.29) is 18.9 Å². The van der Waals surface area contributed by atoms with E-state index in [4.69, 9.17) is 0 Å². The lowest BCUT2D eigenvalue weighted by Crippen LogP contribution is -2.37. The average molecular weight is 368 g/mol. The van der Waals surface area contributed by atoms with Crippen molar-refractivity contribution in [1.82, 2.24) is 4.90 Å². The molecule has 1 aromatic rings. The van der Waals surface area contributed by atoms with Gasteiger partial charge in [-0.25, -0.2) is 8.42 Å². The number of sulfonamides is 1. The Morgan fingerprint density at radius 1 is 1.00 bits per heavy atom. The molecule has 1 saturated heterocycles. The van der Waals surface area contributed by atoms with E-state index in [0.29, 0.717) is 5.69 Å². The van der Waals surface area contributed by atoms with Crippen LogP contribution in [0.2, 0.25) is 0 Å². The molecule has 6 nitrogen and oxygen atoms in total. The predicted molar refractivity (Wildman–Crippen MR) is 103 cm³/mol. The van der Waals surface area contributed by atoms with E-state index in [2.05, 4.69) is 0 Å². The first-order valence-corrected chi connectivity index (χ1v) is 10.7. The summed E-state index contributed by atoms with van der Waals surface area (Å²) in [5.41, 5.74) is 1.59. The SMILES string of the molecule is CN(C)c1ccc(N(CCC(=O)N2CCCCCC2)S(C)(=O)=O)cc1. The van der Waals surface area contributed by atoms with Gasteiger partial charge in [0.2, 0.25) is 15.9 Å². The van der Waals surface area contributed by atoms with Gasteiger partial charge in [-0.2, -0.15) is 0 Å². The molecule has 7 heteroatoms. The van der Waals surface area contributed by atoms with Crippen LogP contribution in [0.25, 0.3) is 0 Å². The highest BCUT2D eigenvalue weighted by Crippen LogP contribution is 2.22. The fourth-order valence-corrected chi connectivity index (χ4v) is 4.01. The molecule has 0 atom stereocenters. The third-order valence-corrected chi connectivity index (χ3v) is 5.74. The number of benzene rings is 1. The predicted octanol–water partition coefficient (Wildman–Crippen LogP) is 2.31. The van der Waals surface area contributed by atoms with Gasteiger partial charge in [-0.15, -0.1) is 0 Å². The van der Waals surface area contributed by atoms with Gasteiger partial charge in [0.25, 0.3) is 0 Å². The molecule has 0 aliphatic carbocycles. The minimum atomic E-state index is -3.44. The van der Waals surface area contributed by atoms with E-state index in [1.165, 1.54) is 10.6 Å². The topological polar surface area (TPSA) is 60.9 Å². The fourth-order valence-electron chi connectivity index (χ4n) is 3.08. The molecule has 1 aliphatic rings. The van der Waals surface area contributed by atoms with E-state index in [1.807, 2.05) is 36.0 Å². The summed E-state index contributed by atoms with van der Waals surface area (Å²) in [5.74, 6) is 0.0421. The van der Waals surface area contributed by atoms with Crippen LogP contribution in [0, 0.1) is 0 Å². The molecule has 0 spiro atoms. The van der Waals surface area contributed by atoms with Crippen molar-refractivity contribution in [1.29, 1.82) is 0 Å². The molecule has 0 aromatic heterocycles. The van der Waals surface area contributed by atoms with E-state index < -0.39 is 10.0 Å². The zero-order chi connectivity index (χ0) is 18.4. The molecule has 2 rings (SSSR count). The number of nitrogens with zero attached hydrogens (tertiary/aromatic N) is 3. The summed E-state index contributed by atoms with van der Waals surface area (Å²) in [6.45, 7) is 1.75. The third-order valence-electron chi connectivity index (χ3n) is 4.54. The number of carbonyl (C=O) groups is 1. The molecule has 1 fully saturated rings. The zero-order valence-electron chi connectivity index (χ0n) is 15.4. The number of rotatable bonds is 6. The van der Waals surface area contributed by atoms with Crippen LogP contribution in [0.5, 0.6) is 0 Å². The summed E-state index contributed by atoms with van der Waals surface area (Å²) in [6, 6.07) is 7.33. The summed E-state index contributed by atoms with van der Waals surface area (Å²) in [4.78, 5) is 16.3. The molecular formula is C18H29N3O3S. The van der Waals surface area contributed by atoms with Crippen molar-refractivity contribution in [2.75, 3.05) is 49.2 Å². The fraction of sp³-hybridized carbons (Fsp3) is 0.611. The average Bonchev–Trinajstić information content (AvgIpc) is 2.83. The summed E-state index contributed by atoms with van der Waals surface area (Å²) in [7, 11) is 0.432. The first-order chi connectivity index (χ1) is 11.8. The van der Waals surface area contributed by atoms with Gasteiger partial charge in [0.05, 0.1) is 11.9 Å². The van der Waals surface area contributed by atoms with Crippen molar-refractivity contribution < 1.29 is 13.2 Å². The molecule has 0 bridgehead atoms. The van der Waals surface area contributed by atoms with Crippen LogP contribution in [0.1, 0.15) is 32.1 Å². The lowest BCUT2D eigenvalue weighted by Gasteiger charge is -2.25. The van der Waals surface area contributed by atoms with Gasteiger partial charge < -0.3 is 9.80 Å². The second-order valence-corrected chi connectivity index (χ2v) is 8.70. The Hall–Kier alpha value is -1.76. The highest BCUT2D eigenvalue weighted by Gasteiger charge is 2.21. The maximum Gasteiger partial charge on any atom is 0.232 e. The number of carbonyl (C=O) groups excluding carboxylic acids is 1. The zero-order valence-corrected chi connectivity index (χ0v) is 16.3. The Balaban J connectivity index is 2.06. The summed E-state index contributed by atoms with van der Waals surface area (Å²) in [5, 5.41) is 0. The van der Waals surface area contributed by atoms with Crippen LogP contribution in [0.4, 0.5) is 11.4 Å². The highest BCUT2D eigenvalue weighted by atomic mass is 32.2. The number of amides is 1. The molecule has 1 amide bonds. The van der Waals surface area contributed by atoms with Gasteiger partial charge in [-0.05, 0) is 37.1 Å². The van der Waals surface area contributed by atoms with Crippen LogP contribution in [0.15, 0.2) is 24.3 Å². The Labute approximate surface area is 151 Å². The molecule has 0 unspecified atom stereocenters. The Bertz CT molecular complexity index is 663. The van der Waals surface area contributed by atoms with Crippen molar-refractivity contribution in [3.05, 3.63) is 24.3 Å². The summed E-state index contributed by atoms with van der Waals surface area (Å²) >= 11 is 0. The van der Waals surface area contributed by atoms with Crippen molar-refractivity contribution >= 4 is 27.3 Å². The number of anilines is 2. The Kier molecular flexibility index (Phi) is 6.70. The van der Waals surface area contributed by atoms with Crippen molar-refractivity contribution in [2.24, 2.45) is 0 Å². The minimum absolute atomic E-state index is 0.0421. The second kappa shape index (κ2) is 8.56. The Morgan fingerprint density at radius 3 is 2.00 bits per heavy atom. The van der Waals surface area contributed by atoms with E-state index in [1.54, 1.807) is 12.1 Å². The van der Waals surface area contributed by atoms with Crippen LogP contribution in [-0.4, -0.2) is 59.2 Å². The van der Waals surface area contributed by atoms with Crippen LogP contribution in [-0.2, 0) is 14.8 Å². The monoisotopic (exact) mass is 367 g/mol. The molecule has 1 aromatic carbocycles. The minimum Gasteiger partial charge on any atom is -0.378 e. The maximum absolute atomic E-state index is 12.5.